The van der Waals surface area contributed by atoms with Crippen LogP contribution in [0, 0.1) is 0 Å². The van der Waals surface area contributed by atoms with E-state index in [4.69, 9.17) is 4.74 Å². The van der Waals surface area contributed by atoms with Gasteiger partial charge in [-0.25, -0.2) is 0 Å². The molecule has 0 saturated carbocycles. The predicted octanol–water partition coefficient (Wildman–Crippen LogP) is 1.89. The maximum atomic E-state index is 11.6. The Labute approximate surface area is 127 Å². The van der Waals surface area contributed by atoms with Crippen LogP contribution in [-0.4, -0.2) is 40.1 Å². The van der Waals surface area contributed by atoms with Crippen molar-refractivity contribution in [3.8, 4) is 11.4 Å². The van der Waals surface area contributed by atoms with Crippen LogP contribution >= 0.6 is 11.8 Å². The normalized spacial score (nSPS) is 10.4. The molecule has 0 aliphatic carbocycles. The number of hydrogen-bond donors (Lipinski definition) is 1. The molecule has 0 atom stereocenters. The summed E-state index contributed by atoms with van der Waals surface area (Å²) >= 11 is 1.36. The van der Waals surface area contributed by atoms with Gasteiger partial charge in [0.15, 0.2) is 5.16 Å². The summed E-state index contributed by atoms with van der Waals surface area (Å²) in [7, 11) is 1.62. The Morgan fingerprint density at radius 1 is 1.48 bits per heavy atom. The van der Waals surface area contributed by atoms with Crippen LogP contribution in [0.25, 0.3) is 5.69 Å². The number of nitrogens with zero attached hydrogens (tertiary/aromatic N) is 3. The second kappa shape index (κ2) is 7.68. The van der Waals surface area contributed by atoms with Crippen molar-refractivity contribution in [1.29, 1.82) is 0 Å². The van der Waals surface area contributed by atoms with Gasteiger partial charge < -0.3 is 10.1 Å². The van der Waals surface area contributed by atoms with E-state index in [1.807, 2.05) is 35.8 Å². The predicted molar refractivity (Wildman–Crippen MR) is 81.9 cm³/mol. The summed E-state index contributed by atoms with van der Waals surface area (Å²) in [5.41, 5.74) is 0.899. The van der Waals surface area contributed by atoms with Crippen LogP contribution in [-0.2, 0) is 4.79 Å². The third-order valence-electron chi connectivity index (χ3n) is 2.75. The maximum Gasteiger partial charge on any atom is 0.230 e. The molecule has 1 aromatic carbocycles. The highest BCUT2D eigenvalue weighted by Crippen LogP contribution is 2.22. The molecule has 2 rings (SSSR count). The van der Waals surface area contributed by atoms with Crippen molar-refractivity contribution in [3.63, 3.8) is 0 Å². The number of nitrogens with one attached hydrogen (secondary N) is 1. The Kier molecular flexibility index (Phi) is 5.62. The minimum absolute atomic E-state index is 0.00189. The Morgan fingerprint density at radius 3 is 3.10 bits per heavy atom. The fourth-order valence-corrected chi connectivity index (χ4v) is 2.46. The van der Waals surface area contributed by atoms with Gasteiger partial charge in [-0.2, -0.15) is 0 Å². The van der Waals surface area contributed by atoms with E-state index < -0.39 is 0 Å². The Bertz CT molecular complexity index is 600. The summed E-state index contributed by atoms with van der Waals surface area (Å²) in [4.78, 5) is 11.6. The number of methoxy groups -OCH3 is 1. The van der Waals surface area contributed by atoms with Crippen LogP contribution in [0.2, 0.25) is 0 Å². The van der Waals surface area contributed by atoms with E-state index >= 15 is 0 Å². The highest BCUT2D eigenvalue weighted by atomic mass is 32.2. The lowest BCUT2D eigenvalue weighted by Crippen LogP contribution is -2.25. The van der Waals surface area contributed by atoms with Crippen molar-refractivity contribution in [2.75, 3.05) is 19.4 Å². The maximum absolute atomic E-state index is 11.6. The molecule has 0 aliphatic heterocycles. The molecule has 0 unspecified atom stereocenters. The molecule has 2 aromatic rings. The van der Waals surface area contributed by atoms with Gasteiger partial charge in [0.05, 0.1) is 18.6 Å². The summed E-state index contributed by atoms with van der Waals surface area (Å²) in [6.45, 7) is 2.72. The first-order valence-electron chi connectivity index (χ1n) is 6.68. The molecule has 0 bridgehead atoms. The quantitative estimate of drug-likeness (QED) is 0.791. The number of rotatable bonds is 7. The first-order valence-corrected chi connectivity index (χ1v) is 7.67. The van der Waals surface area contributed by atoms with Crippen molar-refractivity contribution in [2.45, 2.75) is 18.5 Å². The van der Waals surface area contributed by atoms with Crippen LogP contribution in [0.3, 0.4) is 0 Å². The summed E-state index contributed by atoms with van der Waals surface area (Å²) in [5.74, 6) is 1.09. The first kappa shape index (κ1) is 15.4. The zero-order valence-electron chi connectivity index (χ0n) is 12.1. The van der Waals surface area contributed by atoms with E-state index in [2.05, 4.69) is 15.5 Å². The number of hydrogen-bond acceptors (Lipinski definition) is 5. The average molecular weight is 306 g/mol. The monoisotopic (exact) mass is 306 g/mol. The zero-order valence-corrected chi connectivity index (χ0v) is 12.9. The SMILES string of the molecule is CCCNC(=O)CSc1nncn1-c1cccc(OC)c1. The third kappa shape index (κ3) is 4.22. The van der Waals surface area contributed by atoms with Gasteiger partial charge >= 0.3 is 0 Å². The second-order valence-corrected chi connectivity index (χ2v) is 5.27. The van der Waals surface area contributed by atoms with E-state index in [1.54, 1.807) is 13.4 Å². The molecule has 0 fully saturated rings. The van der Waals surface area contributed by atoms with Crippen LogP contribution < -0.4 is 10.1 Å². The molecule has 21 heavy (non-hydrogen) atoms. The van der Waals surface area contributed by atoms with Crippen LogP contribution in [0.1, 0.15) is 13.3 Å². The van der Waals surface area contributed by atoms with Gasteiger partial charge in [0.25, 0.3) is 0 Å². The fraction of sp³-hybridized carbons (Fsp3) is 0.357. The standard InChI is InChI=1S/C14H18N4O2S/c1-3-7-15-13(19)9-21-14-17-16-10-18(14)11-5-4-6-12(8-11)20-2/h4-6,8,10H,3,7,9H2,1-2H3,(H,15,19). The van der Waals surface area contributed by atoms with Crippen LogP contribution in [0.5, 0.6) is 5.75 Å². The number of carbonyl (C=O) groups excluding carboxylic acids is 1. The molecule has 1 amide bonds. The smallest absolute Gasteiger partial charge is 0.230 e. The average Bonchev–Trinajstić information content (AvgIpc) is 2.99. The minimum atomic E-state index is 0.00189. The second-order valence-electron chi connectivity index (χ2n) is 4.32. The molecule has 1 heterocycles. The largest absolute Gasteiger partial charge is 0.497 e. The van der Waals surface area contributed by atoms with Crippen molar-refractivity contribution < 1.29 is 9.53 Å². The van der Waals surface area contributed by atoms with Crippen LogP contribution in [0.4, 0.5) is 0 Å². The van der Waals surface area contributed by atoms with Gasteiger partial charge in [0.1, 0.15) is 12.1 Å². The minimum Gasteiger partial charge on any atom is -0.497 e. The summed E-state index contributed by atoms with van der Waals surface area (Å²) in [5, 5.41) is 11.5. The highest BCUT2D eigenvalue weighted by molar-refractivity contribution is 7.99. The van der Waals surface area contributed by atoms with E-state index in [9.17, 15) is 4.79 Å². The van der Waals surface area contributed by atoms with E-state index in [-0.39, 0.29) is 5.91 Å². The first-order chi connectivity index (χ1) is 10.2. The van der Waals surface area contributed by atoms with Crippen molar-refractivity contribution in [3.05, 3.63) is 30.6 Å². The number of ether oxygens (including phenoxy) is 1. The molecule has 0 radical (unpaired) electrons. The zero-order chi connectivity index (χ0) is 15.1. The molecule has 6 nitrogen and oxygen atoms in total. The highest BCUT2D eigenvalue weighted by Gasteiger charge is 2.10. The molecule has 0 spiro atoms. The van der Waals surface area contributed by atoms with Gasteiger partial charge in [0, 0.05) is 12.6 Å². The van der Waals surface area contributed by atoms with Crippen molar-refractivity contribution in [1.82, 2.24) is 20.1 Å². The summed E-state index contributed by atoms with van der Waals surface area (Å²) in [6, 6.07) is 7.60. The molecule has 0 aliphatic rings. The number of amides is 1. The van der Waals surface area contributed by atoms with Gasteiger partial charge in [-0.15, -0.1) is 10.2 Å². The van der Waals surface area contributed by atoms with Gasteiger partial charge in [0.2, 0.25) is 5.91 Å². The Morgan fingerprint density at radius 2 is 2.33 bits per heavy atom. The van der Waals surface area contributed by atoms with Crippen molar-refractivity contribution >= 4 is 17.7 Å². The topological polar surface area (TPSA) is 69.0 Å². The molecule has 112 valence electrons. The third-order valence-corrected chi connectivity index (χ3v) is 3.70. The molecule has 0 saturated heterocycles. The number of thioether (sulfide) groups is 1. The Balaban J connectivity index is 2.06. The van der Waals surface area contributed by atoms with Gasteiger partial charge in [-0.1, -0.05) is 24.8 Å². The molecule has 7 heteroatoms. The lowest BCUT2D eigenvalue weighted by molar-refractivity contribution is -0.118. The molecule has 1 aromatic heterocycles. The molecular weight excluding hydrogens is 288 g/mol. The van der Waals surface area contributed by atoms with E-state index in [1.165, 1.54) is 11.8 Å². The number of carbonyl (C=O) groups is 1. The van der Waals surface area contributed by atoms with Crippen molar-refractivity contribution in [2.24, 2.45) is 0 Å². The number of benzene rings is 1. The number of aromatic nitrogens is 3. The lowest BCUT2D eigenvalue weighted by Gasteiger charge is -2.08. The summed E-state index contributed by atoms with van der Waals surface area (Å²) in [6.07, 6.45) is 2.55. The Hall–Kier alpha value is -2.02. The van der Waals surface area contributed by atoms with E-state index in [0.717, 1.165) is 17.9 Å². The van der Waals surface area contributed by atoms with Gasteiger partial charge in [-0.05, 0) is 18.6 Å². The van der Waals surface area contributed by atoms with Crippen LogP contribution in [0.15, 0.2) is 35.7 Å². The molecule has 1 N–H and O–H groups in total. The molecular formula is C14H18N4O2S. The van der Waals surface area contributed by atoms with Gasteiger partial charge in [-0.3, -0.25) is 9.36 Å². The lowest BCUT2D eigenvalue weighted by atomic mass is 10.3. The fourth-order valence-electron chi connectivity index (χ4n) is 1.71. The summed E-state index contributed by atoms with van der Waals surface area (Å²) < 4.78 is 7.04. The van der Waals surface area contributed by atoms with E-state index in [0.29, 0.717) is 17.5 Å².